The first kappa shape index (κ1) is 20.5. The molecule has 0 bridgehead atoms. The van der Waals surface area contributed by atoms with Crippen LogP contribution in [0.25, 0.3) is 0 Å². The first-order valence-corrected chi connectivity index (χ1v) is 10.7. The number of anilines is 1. The van der Waals surface area contributed by atoms with Gasteiger partial charge >= 0.3 is 0 Å². The number of aromatic nitrogens is 1. The van der Waals surface area contributed by atoms with E-state index in [9.17, 15) is 13.6 Å². The highest BCUT2D eigenvalue weighted by Gasteiger charge is 2.17. The summed E-state index contributed by atoms with van der Waals surface area (Å²) in [6.45, 7) is 3.71. The van der Waals surface area contributed by atoms with Crippen LogP contribution in [0.5, 0.6) is 0 Å². The Bertz CT molecular complexity index is 954. The summed E-state index contributed by atoms with van der Waals surface area (Å²) in [7, 11) is 0. The maximum Gasteiger partial charge on any atom is 0.231 e. The van der Waals surface area contributed by atoms with Crippen LogP contribution < -0.4 is 5.32 Å². The predicted molar refractivity (Wildman–Crippen MR) is 112 cm³/mol. The molecule has 3 rings (SSSR count). The minimum atomic E-state index is -0.535. The van der Waals surface area contributed by atoms with E-state index in [-0.39, 0.29) is 23.1 Å². The zero-order valence-corrected chi connectivity index (χ0v) is 17.2. The summed E-state index contributed by atoms with van der Waals surface area (Å²) >= 11 is 2.82. The second kappa shape index (κ2) is 9.30. The van der Waals surface area contributed by atoms with Gasteiger partial charge in [0.05, 0.1) is 12.1 Å². The third kappa shape index (κ3) is 5.17. The number of halogens is 2. The number of nitrogens with one attached hydrogen (secondary N) is 1. The number of carbonyl (C=O) groups is 1. The van der Waals surface area contributed by atoms with Crippen LogP contribution in [-0.4, -0.2) is 10.9 Å². The van der Waals surface area contributed by atoms with Crippen molar-refractivity contribution < 1.29 is 13.6 Å². The largest absolute Gasteiger partial charge is 0.325 e. The Labute approximate surface area is 171 Å². The Morgan fingerprint density at radius 2 is 1.89 bits per heavy atom. The van der Waals surface area contributed by atoms with E-state index in [2.05, 4.69) is 10.3 Å². The van der Waals surface area contributed by atoms with Crippen molar-refractivity contribution in [1.29, 1.82) is 0 Å². The number of benzene rings is 2. The van der Waals surface area contributed by atoms with E-state index in [1.807, 2.05) is 36.6 Å². The molecule has 1 aromatic heterocycles. The van der Waals surface area contributed by atoms with E-state index < -0.39 is 11.6 Å². The van der Waals surface area contributed by atoms with Gasteiger partial charge in [-0.05, 0) is 37.6 Å². The van der Waals surface area contributed by atoms with E-state index >= 15 is 0 Å². The van der Waals surface area contributed by atoms with Crippen LogP contribution in [0.15, 0.2) is 47.8 Å². The summed E-state index contributed by atoms with van der Waals surface area (Å²) < 4.78 is 27.7. The van der Waals surface area contributed by atoms with E-state index in [1.54, 1.807) is 6.92 Å². The van der Waals surface area contributed by atoms with Crippen molar-refractivity contribution in [1.82, 2.24) is 4.98 Å². The molecule has 7 heteroatoms. The van der Waals surface area contributed by atoms with E-state index in [0.717, 1.165) is 16.9 Å². The maximum atomic E-state index is 13.9. The molecule has 1 amide bonds. The van der Waals surface area contributed by atoms with Crippen LogP contribution in [0.3, 0.4) is 0 Å². The van der Waals surface area contributed by atoms with Crippen molar-refractivity contribution in [2.45, 2.75) is 31.3 Å². The number of hydrogen-bond acceptors (Lipinski definition) is 4. The standard InChI is InChI=1S/C21H20F2N2OS2/c1-13-6-3-4-9-18(13)25-19(26)10-20-24-15(12-28-20)11-27-14(2)21-16(22)7-5-8-17(21)23/h3-9,12,14H,10-11H2,1-2H3,(H,25,26). The molecule has 0 fully saturated rings. The topological polar surface area (TPSA) is 42.0 Å². The summed E-state index contributed by atoms with van der Waals surface area (Å²) in [5, 5.41) is 5.15. The summed E-state index contributed by atoms with van der Waals surface area (Å²) in [5.41, 5.74) is 2.68. The average molecular weight is 419 g/mol. The second-order valence-electron chi connectivity index (χ2n) is 6.36. The molecule has 2 aromatic carbocycles. The second-order valence-corrected chi connectivity index (χ2v) is 8.63. The van der Waals surface area contributed by atoms with Crippen molar-refractivity contribution in [3.05, 3.63) is 81.3 Å². The first-order chi connectivity index (χ1) is 13.4. The molecule has 0 aliphatic rings. The highest BCUT2D eigenvalue weighted by Crippen LogP contribution is 2.34. The molecule has 0 spiro atoms. The molecular formula is C21H20F2N2OS2. The summed E-state index contributed by atoms with van der Waals surface area (Å²) in [5.74, 6) is -0.673. The Hall–Kier alpha value is -2.25. The highest BCUT2D eigenvalue weighted by atomic mass is 32.2. The predicted octanol–water partition coefficient (Wildman–Crippen LogP) is 5.91. The molecule has 3 nitrogen and oxygen atoms in total. The van der Waals surface area contributed by atoms with Crippen LogP contribution in [-0.2, 0) is 17.0 Å². The minimum absolute atomic E-state index is 0.0839. The van der Waals surface area contributed by atoms with Gasteiger partial charge in [-0.2, -0.15) is 0 Å². The van der Waals surface area contributed by atoms with Gasteiger partial charge in [-0.15, -0.1) is 23.1 Å². The number of thioether (sulfide) groups is 1. The normalized spacial score (nSPS) is 12.0. The molecular weight excluding hydrogens is 398 g/mol. The van der Waals surface area contributed by atoms with Gasteiger partial charge in [0.25, 0.3) is 0 Å². The SMILES string of the molecule is Cc1ccccc1NC(=O)Cc1nc(CSC(C)c2c(F)cccc2F)cs1. The lowest BCUT2D eigenvalue weighted by molar-refractivity contribution is -0.115. The molecule has 0 saturated carbocycles. The van der Waals surface area contributed by atoms with Crippen molar-refractivity contribution in [3.8, 4) is 0 Å². The number of nitrogens with zero attached hydrogens (tertiary/aromatic N) is 1. The van der Waals surface area contributed by atoms with Gasteiger partial charge in [0.15, 0.2) is 0 Å². The number of carbonyl (C=O) groups excluding carboxylic acids is 1. The zero-order chi connectivity index (χ0) is 20.1. The summed E-state index contributed by atoms with van der Waals surface area (Å²) in [6, 6.07) is 11.5. The van der Waals surface area contributed by atoms with Crippen LogP contribution >= 0.6 is 23.1 Å². The molecule has 1 N–H and O–H groups in total. The van der Waals surface area contributed by atoms with Crippen molar-refractivity contribution in [2.24, 2.45) is 0 Å². The molecule has 0 saturated heterocycles. The molecule has 28 heavy (non-hydrogen) atoms. The minimum Gasteiger partial charge on any atom is -0.325 e. The highest BCUT2D eigenvalue weighted by molar-refractivity contribution is 7.98. The lowest BCUT2D eigenvalue weighted by Gasteiger charge is -2.12. The molecule has 0 aliphatic heterocycles. The molecule has 3 aromatic rings. The number of hydrogen-bond donors (Lipinski definition) is 1. The van der Waals surface area contributed by atoms with Gasteiger partial charge in [-0.1, -0.05) is 24.3 Å². The fourth-order valence-corrected chi connectivity index (χ4v) is 4.59. The Kier molecular flexibility index (Phi) is 6.80. The third-order valence-electron chi connectivity index (χ3n) is 4.22. The Balaban J connectivity index is 1.55. The number of thiazole rings is 1. The quantitative estimate of drug-likeness (QED) is 0.519. The van der Waals surface area contributed by atoms with Crippen LogP contribution in [0, 0.1) is 18.6 Å². The van der Waals surface area contributed by atoms with E-state index in [1.165, 1.54) is 41.3 Å². The van der Waals surface area contributed by atoms with E-state index in [4.69, 9.17) is 0 Å². The lowest BCUT2D eigenvalue weighted by Crippen LogP contribution is -2.15. The van der Waals surface area contributed by atoms with Gasteiger partial charge in [-0.3, -0.25) is 4.79 Å². The molecule has 0 aliphatic carbocycles. The van der Waals surface area contributed by atoms with Gasteiger partial charge in [0.2, 0.25) is 5.91 Å². The van der Waals surface area contributed by atoms with Crippen LogP contribution in [0.2, 0.25) is 0 Å². The van der Waals surface area contributed by atoms with Gasteiger partial charge in [0, 0.05) is 27.6 Å². The third-order valence-corrected chi connectivity index (χ3v) is 6.31. The first-order valence-electron chi connectivity index (χ1n) is 8.78. The molecule has 1 atom stereocenters. The summed E-state index contributed by atoms with van der Waals surface area (Å²) in [4.78, 5) is 16.7. The fourth-order valence-electron chi connectivity index (χ4n) is 2.73. The molecule has 1 unspecified atom stereocenters. The zero-order valence-electron chi connectivity index (χ0n) is 15.5. The Morgan fingerprint density at radius 1 is 1.18 bits per heavy atom. The fraction of sp³-hybridized carbons (Fsp3) is 0.238. The maximum absolute atomic E-state index is 13.9. The number of para-hydroxylation sites is 1. The van der Waals surface area contributed by atoms with Crippen LogP contribution in [0.1, 0.15) is 34.0 Å². The lowest BCUT2D eigenvalue weighted by atomic mass is 10.1. The van der Waals surface area contributed by atoms with Gasteiger partial charge in [-0.25, -0.2) is 13.8 Å². The van der Waals surface area contributed by atoms with Gasteiger partial charge < -0.3 is 5.32 Å². The monoisotopic (exact) mass is 418 g/mol. The number of rotatable bonds is 7. The van der Waals surface area contributed by atoms with Crippen molar-refractivity contribution >= 4 is 34.7 Å². The number of amides is 1. The molecule has 1 heterocycles. The molecule has 146 valence electrons. The molecule has 0 radical (unpaired) electrons. The van der Waals surface area contributed by atoms with Crippen molar-refractivity contribution in [2.75, 3.05) is 5.32 Å². The van der Waals surface area contributed by atoms with Crippen LogP contribution in [0.4, 0.5) is 14.5 Å². The smallest absolute Gasteiger partial charge is 0.231 e. The average Bonchev–Trinajstić information content (AvgIpc) is 3.09. The number of aryl methyl sites for hydroxylation is 1. The van der Waals surface area contributed by atoms with E-state index in [0.29, 0.717) is 10.8 Å². The summed E-state index contributed by atoms with van der Waals surface area (Å²) in [6.07, 6.45) is 0.196. The Morgan fingerprint density at radius 3 is 2.61 bits per heavy atom. The van der Waals surface area contributed by atoms with Crippen molar-refractivity contribution in [3.63, 3.8) is 0 Å². The van der Waals surface area contributed by atoms with Gasteiger partial charge in [0.1, 0.15) is 16.6 Å².